The summed E-state index contributed by atoms with van der Waals surface area (Å²) in [5.74, 6) is -5.47. The van der Waals surface area contributed by atoms with Crippen LogP contribution in [0.25, 0.3) is 11.2 Å². The van der Waals surface area contributed by atoms with Crippen LogP contribution in [0.4, 0.5) is 26.3 Å². The second kappa shape index (κ2) is 7.83. The van der Waals surface area contributed by atoms with Gasteiger partial charge in [-0.2, -0.15) is 26.3 Å². The first-order valence-electron chi connectivity index (χ1n) is 7.77. The van der Waals surface area contributed by atoms with Gasteiger partial charge >= 0.3 is 30.0 Å². The number of esters is 2. The van der Waals surface area contributed by atoms with Gasteiger partial charge in [-0.3, -0.25) is 13.9 Å². The van der Waals surface area contributed by atoms with Gasteiger partial charge in [0.15, 0.2) is 17.3 Å². The lowest BCUT2D eigenvalue weighted by Crippen LogP contribution is -2.39. The minimum atomic E-state index is -5.48. The van der Waals surface area contributed by atoms with Crippen molar-refractivity contribution >= 4 is 23.1 Å². The molecule has 0 aliphatic heterocycles. The predicted octanol–water partition coefficient (Wildman–Crippen LogP) is 0.0133. The fraction of sp³-hybridized carbons (Fsp3) is 0.500. The Morgan fingerprint density at radius 1 is 1.03 bits per heavy atom. The molecule has 10 nitrogen and oxygen atoms in total. The zero-order valence-corrected chi connectivity index (χ0v) is 15.1. The summed E-state index contributed by atoms with van der Waals surface area (Å²) in [6.07, 6.45) is -12.1. The molecule has 0 aromatic carbocycles. The number of nitrogens with zero attached hydrogens (tertiary/aromatic N) is 4. The van der Waals surface area contributed by atoms with E-state index in [9.17, 15) is 45.5 Å². The Kier molecular flexibility index (Phi) is 5.99. The maximum atomic E-state index is 12.5. The molecule has 0 amide bonds. The standard InChI is InChI=1S/C14H12F6N4O6/c1-22-8-7(9(25)23(2)12(22)28)24(5-21-8)3-6(30-11(27)14(18,19)20)4-29-10(26)13(15,16)17/h5-6H,3-4H2,1-2H3. The van der Waals surface area contributed by atoms with Crippen molar-refractivity contribution in [2.75, 3.05) is 6.61 Å². The molecular weight excluding hydrogens is 434 g/mol. The smallest absolute Gasteiger partial charge is 0.455 e. The Morgan fingerprint density at radius 2 is 1.60 bits per heavy atom. The van der Waals surface area contributed by atoms with Crippen molar-refractivity contribution in [3.05, 3.63) is 27.2 Å². The van der Waals surface area contributed by atoms with Crippen LogP contribution in [0.3, 0.4) is 0 Å². The van der Waals surface area contributed by atoms with Crippen molar-refractivity contribution in [3.8, 4) is 0 Å². The minimum Gasteiger partial charge on any atom is -0.455 e. The van der Waals surface area contributed by atoms with Gasteiger partial charge in [0.1, 0.15) is 6.61 Å². The first-order valence-corrected chi connectivity index (χ1v) is 7.77. The molecule has 1 unspecified atom stereocenters. The van der Waals surface area contributed by atoms with Crippen molar-refractivity contribution in [2.45, 2.75) is 25.0 Å². The lowest BCUT2D eigenvalue weighted by atomic mass is 10.3. The number of hydrogen-bond donors (Lipinski definition) is 0. The molecular formula is C14H12F6N4O6. The summed E-state index contributed by atoms with van der Waals surface area (Å²) in [5.41, 5.74) is -2.18. The maximum Gasteiger partial charge on any atom is 0.490 e. The van der Waals surface area contributed by atoms with Gasteiger partial charge in [-0.05, 0) is 0 Å². The zero-order valence-electron chi connectivity index (χ0n) is 15.1. The molecule has 0 aliphatic carbocycles. The maximum absolute atomic E-state index is 12.5. The number of hydrogen-bond acceptors (Lipinski definition) is 7. The van der Waals surface area contributed by atoms with E-state index in [1.807, 2.05) is 0 Å². The fourth-order valence-electron chi connectivity index (χ4n) is 2.35. The SMILES string of the molecule is Cn1c(=O)c2c(ncn2CC(COC(=O)C(F)(F)F)OC(=O)C(F)(F)F)n(C)c1=O. The second-order valence-corrected chi connectivity index (χ2v) is 5.90. The number of aryl methyl sites for hydroxylation is 1. The van der Waals surface area contributed by atoms with E-state index in [2.05, 4.69) is 14.5 Å². The van der Waals surface area contributed by atoms with Crippen LogP contribution in [0, 0.1) is 0 Å². The van der Waals surface area contributed by atoms with Crippen LogP contribution in [0.1, 0.15) is 0 Å². The summed E-state index contributed by atoms with van der Waals surface area (Å²) in [6.45, 7) is -2.23. The molecule has 166 valence electrons. The molecule has 0 spiro atoms. The Labute approximate surface area is 161 Å². The molecule has 2 aromatic rings. The van der Waals surface area contributed by atoms with Crippen LogP contribution in [0.2, 0.25) is 0 Å². The molecule has 2 rings (SSSR count). The Hall–Kier alpha value is -3.33. The highest BCUT2D eigenvalue weighted by Gasteiger charge is 2.44. The number of carbonyl (C=O) groups is 2. The minimum absolute atomic E-state index is 0.184. The number of rotatable bonds is 5. The predicted molar refractivity (Wildman–Crippen MR) is 83.2 cm³/mol. The molecule has 0 bridgehead atoms. The third-order valence-electron chi connectivity index (χ3n) is 3.75. The van der Waals surface area contributed by atoms with E-state index in [0.717, 1.165) is 22.5 Å². The molecule has 0 saturated carbocycles. The normalized spacial score (nSPS) is 13.3. The first-order chi connectivity index (χ1) is 13.6. The van der Waals surface area contributed by atoms with Crippen molar-refractivity contribution in [1.29, 1.82) is 0 Å². The van der Waals surface area contributed by atoms with Gasteiger partial charge in [0.25, 0.3) is 5.56 Å². The van der Waals surface area contributed by atoms with Gasteiger partial charge in [0.2, 0.25) is 0 Å². The molecule has 30 heavy (non-hydrogen) atoms. The van der Waals surface area contributed by atoms with Crippen molar-refractivity contribution in [2.24, 2.45) is 14.1 Å². The summed E-state index contributed by atoms with van der Waals surface area (Å²) < 4.78 is 84.6. The highest BCUT2D eigenvalue weighted by Crippen LogP contribution is 2.20. The summed E-state index contributed by atoms with van der Waals surface area (Å²) in [7, 11) is 2.35. The van der Waals surface area contributed by atoms with E-state index in [0.29, 0.717) is 4.57 Å². The quantitative estimate of drug-likeness (QED) is 0.470. The second-order valence-electron chi connectivity index (χ2n) is 5.90. The van der Waals surface area contributed by atoms with Crippen LogP contribution in [-0.4, -0.2) is 55.7 Å². The van der Waals surface area contributed by atoms with Gasteiger partial charge in [-0.1, -0.05) is 0 Å². The van der Waals surface area contributed by atoms with E-state index in [4.69, 9.17) is 0 Å². The first kappa shape index (κ1) is 23.0. The van der Waals surface area contributed by atoms with E-state index >= 15 is 0 Å². The van der Waals surface area contributed by atoms with E-state index < -0.39 is 54.8 Å². The van der Waals surface area contributed by atoms with Crippen molar-refractivity contribution < 1.29 is 45.4 Å². The largest absolute Gasteiger partial charge is 0.490 e. The van der Waals surface area contributed by atoms with Gasteiger partial charge in [-0.25, -0.2) is 19.4 Å². The van der Waals surface area contributed by atoms with Crippen LogP contribution >= 0.6 is 0 Å². The topological polar surface area (TPSA) is 114 Å². The van der Waals surface area contributed by atoms with Gasteiger partial charge in [-0.15, -0.1) is 0 Å². The van der Waals surface area contributed by atoms with E-state index in [1.54, 1.807) is 0 Å². The zero-order chi connectivity index (χ0) is 23.0. The molecule has 16 heteroatoms. The molecule has 0 aliphatic rings. The molecule has 0 N–H and O–H groups in total. The summed E-state index contributed by atoms with van der Waals surface area (Å²) in [6, 6.07) is 0. The average molecular weight is 446 g/mol. The summed E-state index contributed by atoms with van der Waals surface area (Å²) >= 11 is 0. The molecule has 2 heterocycles. The van der Waals surface area contributed by atoms with Crippen LogP contribution in [0.5, 0.6) is 0 Å². The summed E-state index contributed by atoms with van der Waals surface area (Å²) in [5, 5.41) is 0. The number of imidazole rings is 1. The number of ether oxygens (including phenoxy) is 2. The number of aromatic nitrogens is 4. The average Bonchev–Trinajstić information content (AvgIpc) is 3.04. The monoisotopic (exact) mass is 446 g/mol. The molecule has 0 saturated heterocycles. The molecule has 1 atom stereocenters. The van der Waals surface area contributed by atoms with Gasteiger partial charge in [0.05, 0.1) is 12.9 Å². The van der Waals surface area contributed by atoms with Crippen molar-refractivity contribution in [1.82, 2.24) is 18.7 Å². The van der Waals surface area contributed by atoms with E-state index in [1.165, 1.54) is 7.05 Å². The highest BCUT2D eigenvalue weighted by molar-refractivity contribution is 5.76. The van der Waals surface area contributed by atoms with Crippen LogP contribution in [-0.2, 0) is 39.7 Å². The molecule has 0 radical (unpaired) electrons. The van der Waals surface area contributed by atoms with Crippen LogP contribution in [0.15, 0.2) is 15.9 Å². The van der Waals surface area contributed by atoms with Crippen molar-refractivity contribution in [3.63, 3.8) is 0 Å². The number of alkyl halides is 6. The number of carbonyl (C=O) groups excluding carboxylic acids is 2. The van der Waals surface area contributed by atoms with Gasteiger partial charge < -0.3 is 14.0 Å². The Balaban J connectivity index is 2.40. The third-order valence-corrected chi connectivity index (χ3v) is 3.75. The van der Waals surface area contributed by atoms with Gasteiger partial charge in [0, 0.05) is 14.1 Å². The highest BCUT2D eigenvalue weighted by atomic mass is 19.4. The van der Waals surface area contributed by atoms with Crippen LogP contribution < -0.4 is 11.2 Å². The Bertz CT molecular complexity index is 1100. The Morgan fingerprint density at radius 3 is 2.13 bits per heavy atom. The van der Waals surface area contributed by atoms with E-state index in [-0.39, 0.29) is 11.2 Å². The summed E-state index contributed by atoms with van der Waals surface area (Å²) in [4.78, 5) is 49.9. The molecule has 2 aromatic heterocycles. The fourth-order valence-corrected chi connectivity index (χ4v) is 2.35. The molecule has 0 fully saturated rings. The lowest BCUT2D eigenvalue weighted by Gasteiger charge is -2.20. The number of fused-ring (bicyclic) bond motifs is 1. The lowest BCUT2D eigenvalue weighted by molar-refractivity contribution is -0.214. The number of halogens is 6. The third kappa shape index (κ3) is 4.62.